The predicted octanol–water partition coefficient (Wildman–Crippen LogP) is 1.17. The average molecular weight is 234 g/mol. The van der Waals surface area contributed by atoms with Crippen LogP contribution in [0, 0.1) is 5.92 Å². The van der Waals surface area contributed by atoms with Crippen LogP contribution in [0.4, 0.5) is 4.79 Å². The molecule has 1 atom stereocenters. The highest BCUT2D eigenvalue weighted by Crippen LogP contribution is 2.16. The van der Waals surface area contributed by atoms with E-state index >= 15 is 0 Å². The van der Waals surface area contributed by atoms with E-state index in [0.29, 0.717) is 12.5 Å². The van der Waals surface area contributed by atoms with Crippen LogP contribution in [-0.4, -0.2) is 40.5 Å². The van der Waals surface area contributed by atoms with Gasteiger partial charge in [-0.25, -0.2) is 9.78 Å². The smallest absolute Gasteiger partial charge is 0.317 e. The minimum absolute atomic E-state index is 0.0221. The zero-order valence-corrected chi connectivity index (χ0v) is 9.85. The number of aromatic amines is 1. The number of carbonyl (C=O) groups excluding carboxylic acids is 1. The Morgan fingerprint density at radius 2 is 2.65 bits per heavy atom. The number of rotatable bonds is 4. The van der Waals surface area contributed by atoms with Gasteiger partial charge in [-0.3, -0.25) is 0 Å². The quantitative estimate of drug-likeness (QED) is 0.768. The lowest BCUT2D eigenvalue weighted by Crippen LogP contribution is -2.39. The lowest BCUT2D eigenvalue weighted by Gasteiger charge is -2.16. The highest BCUT2D eigenvalue weighted by Gasteiger charge is 2.23. The number of hydrogen-bond donors (Lipinski definition) is 2. The molecule has 0 bridgehead atoms. The standard InChI is InChI=1S/C12H18N4O/c1-2-10-4-6-16(8-10)12(17)14-5-3-11-7-13-9-15-11/h2,7,9-10H,1,3-6,8H2,(H,13,15)(H,14,17). The predicted molar refractivity (Wildman–Crippen MR) is 65.6 cm³/mol. The summed E-state index contributed by atoms with van der Waals surface area (Å²) in [5, 5.41) is 2.91. The lowest BCUT2D eigenvalue weighted by atomic mass is 10.1. The van der Waals surface area contributed by atoms with Crippen molar-refractivity contribution in [3.05, 3.63) is 30.9 Å². The zero-order valence-electron chi connectivity index (χ0n) is 9.85. The molecule has 1 fully saturated rings. The third kappa shape index (κ3) is 3.09. The summed E-state index contributed by atoms with van der Waals surface area (Å²) in [4.78, 5) is 20.6. The summed E-state index contributed by atoms with van der Waals surface area (Å²) in [6.07, 6.45) is 7.15. The second kappa shape index (κ2) is 5.52. The number of likely N-dealkylation sites (tertiary alicyclic amines) is 1. The van der Waals surface area contributed by atoms with Gasteiger partial charge in [0.25, 0.3) is 0 Å². The van der Waals surface area contributed by atoms with Gasteiger partial charge in [-0.05, 0) is 12.3 Å². The number of hydrogen-bond acceptors (Lipinski definition) is 2. The Balaban J connectivity index is 1.69. The van der Waals surface area contributed by atoms with E-state index in [4.69, 9.17) is 0 Å². The fourth-order valence-corrected chi connectivity index (χ4v) is 2.00. The number of carbonyl (C=O) groups is 1. The van der Waals surface area contributed by atoms with Gasteiger partial charge >= 0.3 is 6.03 Å². The maximum absolute atomic E-state index is 11.8. The van der Waals surface area contributed by atoms with Crippen molar-refractivity contribution in [3.63, 3.8) is 0 Å². The largest absolute Gasteiger partial charge is 0.348 e. The van der Waals surface area contributed by atoms with Gasteiger partial charge in [-0.1, -0.05) is 6.08 Å². The number of aromatic nitrogens is 2. The minimum Gasteiger partial charge on any atom is -0.348 e. The van der Waals surface area contributed by atoms with Gasteiger partial charge in [-0.15, -0.1) is 6.58 Å². The van der Waals surface area contributed by atoms with Gasteiger partial charge < -0.3 is 15.2 Å². The first-order valence-corrected chi connectivity index (χ1v) is 5.92. The molecule has 0 radical (unpaired) electrons. The van der Waals surface area contributed by atoms with E-state index in [1.54, 1.807) is 12.5 Å². The molecular weight excluding hydrogens is 216 g/mol. The molecule has 2 N–H and O–H groups in total. The van der Waals surface area contributed by atoms with Crippen molar-refractivity contribution in [2.24, 2.45) is 5.92 Å². The molecule has 1 unspecified atom stereocenters. The molecule has 1 aliphatic heterocycles. The Bertz CT molecular complexity index is 374. The minimum atomic E-state index is 0.0221. The lowest BCUT2D eigenvalue weighted by molar-refractivity contribution is 0.208. The number of urea groups is 1. The summed E-state index contributed by atoms with van der Waals surface area (Å²) < 4.78 is 0. The Labute approximate surface area is 101 Å². The van der Waals surface area contributed by atoms with Gasteiger partial charge in [0.15, 0.2) is 0 Å². The molecule has 0 aromatic carbocycles. The third-order valence-corrected chi connectivity index (χ3v) is 3.07. The summed E-state index contributed by atoms with van der Waals surface area (Å²) in [6.45, 7) is 6.02. The molecule has 92 valence electrons. The van der Waals surface area contributed by atoms with Crippen molar-refractivity contribution in [3.8, 4) is 0 Å². The second-order valence-corrected chi connectivity index (χ2v) is 4.29. The van der Waals surface area contributed by atoms with Gasteiger partial charge in [-0.2, -0.15) is 0 Å². The normalized spacial score (nSPS) is 19.3. The van der Waals surface area contributed by atoms with Crippen molar-refractivity contribution < 1.29 is 4.79 Å². The summed E-state index contributed by atoms with van der Waals surface area (Å²) in [5.74, 6) is 0.452. The molecule has 17 heavy (non-hydrogen) atoms. The summed E-state index contributed by atoms with van der Waals surface area (Å²) in [5.41, 5.74) is 1.04. The number of amides is 2. The molecule has 2 amide bonds. The number of nitrogens with zero attached hydrogens (tertiary/aromatic N) is 2. The Hall–Kier alpha value is -1.78. The van der Waals surface area contributed by atoms with Crippen molar-refractivity contribution in [1.29, 1.82) is 0 Å². The first kappa shape index (κ1) is 11.7. The topological polar surface area (TPSA) is 61.0 Å². The zero-order chi connectivity index (χ0) is 12.1. The van der Waals surface area contributed by atoms with Crippen molar-refractivity contribution in [1.82, 2.24) is 20.2 Å². The van der Waals surface area contributed by atoms with E-state index in [0.717, 1.165) is 31.6 Å². The Morgan fingerprint density at radius 1 is 1.76 bits per heavy atom. The van der Waals surface area contributed by atoms with Crippen LogP contribution in [0.1, 0.15) is 12.1 Å². The summed E-state index contributed by atoms with van der Waals surface area (Å²) in [7, 11) is 0. The van der Waals surface area contributed by atoms with E-state index in [1.165, 1.54) is 0 Å². The number of H-pyrrole nitrogens is 1. The van der Waals surface area contributed by atoms with Crippen molar-refractivity contribution in [2.75, 3.05) is 19.6 Å². The molecule has 0 saturated carbocycles. The van der Waals surface area contributed by atoms with Gasteiger partial charge in [0.05, 0.1) is 6.33 Å². The van der Waals surface area contributed by atoms with Gasteiger partial charge in [0.1, 0.15) is 0 Å². The van der Waals surface area contributed by atoms with E-state index in [-0.39, 0.29) is 6.03 Å². The SMILES string of the molecule is C=CC1CCN(C(=O)NCCc2cnc[nH]2)C1. The van der Waals surface area contributed by atoms with Crippen LogP contribution in [0.15, 0.2) is 25.2 Å². The molecule has 1 aromatic heterocycles. The maximum atomic E-state index is 11.8. The summed E-state index contributed by atoms with van der Waals surface area (Å²) >= 11 is 0. The molecule has 2 rings (SSSR count). The van der Waals surface area contributed by atoms with Gasteiger partial charge in [0.2, 0.25) is 0 Å². The van der Waals surface area contributed by atoms with Crippen LogP contribution in [-0.2, 0) is 6.42 Å². The van der Waals surface area contributed by atoms with E-state index < -0.39 is 0 Å². The fraction of sp³-hybridized carbons (Fsp3) is 0.500. The highest BCUT2D eigenvalue weighted by molar-refractivity contribution is 5.74. The molecule has 5 heteroatoms. The monoisotopic (exact) mass is 234 g/mol. The fourth-order valence-electron chi connectivity index (χ4n) is 2.00. The summed E-state index contributed by atoms with van der Waals surface area (Å²) in [6, 6.07) is 0.0221. The number of nitrogens with one attached hydrogen (secondary N) is 2. The molecule has 2 heterocycles. The van der Waals surface area contributed by atoms with Crippen LogP contribution < -0.4 is 5.32 Å². The average Bonchev–Trinajstić information content (AvgIpc) is 2.99. The maximum Gasteiger partial charge on any atom is 0.317 e. The molecule has 1 aliphatic rings. The van der Waals surface area contributed by atoms with Crippen LogP contribution in [0.3, 0.4) is 0 Å². The molecule has 1 saturated heterocycles. The third-order valence-electron chi connectivity index (χ3n) is 3.07. The van der Waals surface area contributed by atoms with Crippen molar-refractivity contribution in [2.45, 2.75) is 12.8 Å². The molecule has 5 nitrogen and oxygen atoms in total. The molecule has 0 spiro atoms. The van der Waals surface area contributed by atoms with Crippen LogP contribution >= 0.6 is 0 Å². The first-order valence-electron chi connectivity index (χ1n) is 5.92. The molecule has 0 aliphatic carbocycles. The first-order chi connectivity index (χ1) is 8.29. The Kier molecular flexibility index (Phi) is 3.80. The molecular formula is C12H18N4O. The highest BCUT2D eigenvalue weighted by atomic mass is 16.2. The van der Waals surface area contributed by atoms with E-state index in [1.807, 2.05) is 11.0 Å². The Morgan fingerprint density at radius 3 is 3.29 bits per heavy atom. The second-order valence-electron chi connectivity index (χ2n) is 4.29. The molecule has 1 aromatic rings. The van der Waals surface area contributed by atoms with E-state index in [9.17, 15) is 4.79 Å². The van der Waals surface area contributed by atoms with Crippen molar-refractivity contribution >= 4 is 6.03 Å². The van der Waals surface area contributed by atoms with Crippen LogP contribution in [0.25, 0.3) is 0 Å². The number of imidazole rings is 1. The van der Waals surface area contributed by atoms with Gasteiger partial charge in [0, 0.05) is 37.9 Å². The van der Waals surface area contributed by atoms with Crippen LogP contribution in [0.5, 0.6) is 0 Å². The van der Waals surface area contributed by atoms with Crippen LogP contribution in [0.2, 0.25) is 0 Å². The van der Waals surface area contributed by atoms with E-state index in [2.05, 4.69) is 21.9 Å².